The van der Waals surface area contributed by atoms with Crippen LogP contribution in [0.5, 0.6) is 11.5 Å². The Kier molecular flexibility index (Phi) is 5.50. The van der Waals surface area contributed by atoms with E-state index in [1.807, 2.05) is 11.0 Å². The van der Waals surface area contributed by atoms with Gasteiger partial charge in [-0.05, 0) is 38.2 Å². The SMILES string of the molecule is COc1cc2nc(N3CCN(C(=O)C4CCCO4)C4CCCC=C43)nc(N)c2cc1OC. The number of carbonyl (C=O) groups excluding carboxylic acids is 1. The van der Waals surface area contributed by atoms with Gasteiger partial charge in [-0.25, -0.2) is 4.98 Å². The minimum Gasteiger partial charge on any atom is -0.493 e. The van der Waals surface area contributed by atoms with Gasteiger partial charge in [0, 0.05) is 36.8 Å². The topological polar surface area (TPSA) is 103 Å². The fourth-order valence-electron chi connectivity index (χ4n) is 4.97. The fourth-order valence-corrected chi connectivity index (χ4v) is 4.97. The van der Waals surface area contributed by atoms with Crippen molar-refractivity contribution in [2.45, 2.75) is 44.2 Å². The van der Waals surface area contributed by atoms with Crippen molar-refractivity contribution in [3.63, 3.8) is 0 Å². The van der Waals surface area contributed by atoms with E-state index in [-0.39, 0.29) is 18.1 Å². The number of aromatic nitrogens is 2. The summed E-state index contributed by atoms with van der Waals surface area (Å²) in [6.45, 7) is 1.88. The number of benzene rings is 1. The number of nitrogen functional groups attached to an aromatic ring is 1. The maximum absolute atomic E-state index is 13.1. The summed E-state index contributed by atoms with van der Waals surface area (Å²) in [5.74, 6) is 2.21. The zero-order valence-electron chi connectivity index (χ0n) is 18.5. The molecule has 0 radical (unpaired) electrons. The molecule has 2 fully saturated rings. The summed E-state index contributed by atoms with van der Waals surface area (Å²) in [5, 5.41) is 0.716. The van der Waals surface area contributed by atoms with Crippen LogP contribution < -0.4 is 20.1 Å². The molecular weight excluding hydrogens is 410 g/mol. The third-order valence-electron chi connectivity index (χ3n) is 6.58. The predicted octanol–water partition coefficient (Wildman–Crippen LogP) is 2.49. The van der Waals surface area contributed by atoms with Crippen molar-refractivity contribution in [1.82, 2.24) is 14.9 Å². The first-order chi connectivity index (χ1) is 15.6. The van der Waals surface area contributed by atoms with Crippen LogP contribution in [0.25, 0.3) is 10.9 Å². The summed E-state index contributed by atoms with van der Waals surface area (Å²) in [6, 6.07) is 3.63. The molecular formula is C23H29N5O4. The Morgan fingerprint density at radius 1 is 1.12 bits per heavy atom. The van der Waals surface area contributed by atoms with Crippen LogP contribution in [-0.4, -0.2) is 66.8 Å². The zero-order chi connectivity index (χ0) is 22.2. The second-order valence-corrected chi connectivity index (χ2v) is 8.39. The van der Waals surface area contributed by atoms with Crippen LogP contribution in [0.4, 0.5) is 11.8 Å². The molecule has 9 nitrogen and oxygen atoms in total. The van der Waals surface area contributed by atoms with E-state index in [1.165, 1.54) is 0 Å². The average molecular weight is 440 g/mol. The van der Waals surface area contributed by atoms with Crippen LogP contribution in [0.3, 0.4) is 0 Å². The number of hydrogen-bond acceptors (Lipinski definition) is 8. The summed E-state index contributed by atoms with van der Waals surface area (Å²) >= 11 is 0. The monoisotopic (exact) mass is 439 g/mol. The Hall–Kier alpha value is -3.07. The van der Waals surface area contributed by atoms with Crippen LogP contribution in [0.15, 0.2) is 23.9 Å². The second-order valence-electron chi connectivity index (χ2n) is 8.39. The van der Waals surface area contributed by atoms with Crippen molar-refractivity contribution in [1.29, 1.82) is 0 Å². The molecule has 0 saturated carbocycles. The lowest BCUT2D eigenvalue weighted by Gasteiger charge is -2.45. The van der Waals surface area contributed by atoms with E-state index in [0.29, 0.717) is 53.9 Å². The molecule has 0 spiro atoms. The van der Waals surface area contributed by atoms with Crippen molar-refractivity contribution in [2.75, 3.05) is 44.5 Å². The molecule has 2 aromatic rings. The molecule has 32 heavy (non-hydrogen) atoms. The van der Waals surface area contributed by atoms with E-state index in [0.717, 1.165) is 37.8 Å². The third-order valence-corrected chi connectivity index (χ3v) is 6.58. The summed E-state index contributed by atoms with van der Waals surface area (Å²) in [4.78, 5) is 26.7. The number of hydrogen-bond donors (Lipinski definition) is 1. The number of rotatable bonds is 4. The number of ether oxygens (including phenoxy) is 3. The summed E-state index contributed by atoms with van der Waals surface area (Å²) < 4.78 is 16.5. The van der Waals surface area contributed by atoms with E-state index in [2.05, 4.69) is 16.0 Å². The van der Waals surface area contributed by atoms with Crippen LogP contribution in [0.2, 0.25) is 0 Å². The first kappa shape index (κ1) is 20.8. The quantitative estimate of drug-likeness (QED) is 0.775. The highest BCUT2D eigenvalue weighted by Crippen LogP contribution is 2.37. The molecule has 3 aliphatic rings. The Morgan fingerprint density at radius 2 is 1.94 bits per heavy atom. The lowest BCUT2D eigenvalue weighted by Crippen LogP contribution is -2.57. The highest BCUT2D eigenvalue weighted by Gasteiger charge is 2.40. The Bertz CT molecular complexity index is 1070. The van der Waals surface area contributed by atoms with Crippen molar-refractivity contribution in [3.8, 4) is 11.5 Å². The van der Waals surface area contributed by atoms with Gasteiger partial charge in [0.1, 0.15) is 11.9 Å². The van der Waals surface area contributed by atoms with Gasteiger partial charge in [0.05, 0.1) is 25.8 Å². The van der Waals surface area contributed by atoms with Gasteiger partial charge in [-0.1, -0.05) is 6.08 Å². The van der Waals surface area contributed by atoms with Crippen LogP contribution in [-0.2, 0) is 9.53 Å². The van der Waals surface area contributed by atoms with Crippen LogP contribution in [0, 0.1) is 0 Å². The lowest BCUT2D eigenvalue weighted by molar-refractivity contribution is -0.143. The molecule has 2 atom stereocenters. The number of anilines is 2. The number of nitrogens with two attached hydrogens (primary N) is 1. The molecule has 170 valence electrons. The fraction of sp³-hybridized carbons (Fsp3) is 0.522. The van der Waals surface area contributed by atoms with Gasteiger partial charge in [0.25, 0.3) is 5.91 Å². The largest absolute Gasteiger partial charge is 0.493 e. The highest BCUT2D eigenvalue weighted by atomic mass is 16.5. The molecule has 3 heterocycles. The van der Waals surface area contributed by atoms with E-state index in [9.17, 15) is 4.79 Å². The summed E-state index contributed by atoms with van der Waals surface area (Å²) in [7, 11) is 3.18. The minimum atomic E-state index is -0.306. The van der Waals surface area contributed by atoms with E-state index >= 15 is 0 Å². The Balaban J connectivity index is 1.49. The smallest absolute Gasteiger partial charge is 0.252 e. The Morgan fingerprint density at radius 3 is 2.69 bits per heavy atom. The molecule has 5 rings (SSSR count). The molecule has 1 aliphatic carbocycles. The average Bonchev–Trinajstić information content (AvgIpc) is 3.37. The van der Waals surface area contributed by atoms with Gasteiger partial charge < -0.3 is 29.7 Å². The van der Waals surface area contributed by atoms with Gasteiger partial charge in [-0.2, -0.15) is 4.98 Å². The van der Waals surface area contributed by atoms with Gasteiger partial charge in [0.2, 0.25) is 5.95 Å². The standard InChI is InChI=1S/C23H29N5O4/c1-30-19-12-14-15(13-20(19)31-2)25-23(26-21(14)24)28-10-9-27(16-6-3-4-7-17(16)28)22(29)18-8-5-11-32-18/h7,12-13,16,18H,3-6,8-11H2,1-2H3,(H2,24,25,26). The maximum Gasteiger partial charge on any atom is 0.252 e. The first-order valence-electron chi connectivity index (χ1n) is 11.2. The maximum atomic E-state index is 13.1. The van der Waals surface area contributed by atoms with E-state index in [1.54, 1.807) is 20.3 Å². The highest BCUT2D eigenvalue weighted by molar-refractivity contribution is 5.92. The lowest BCUT2D eigenvalue weighted by atomic mass is 9.94. The van der Waals surface area contributed by atoms with Crippen molar-refractivity contribution in [3.05, 3.63) is 23.9 Å². The molecule has 2 N–H and O–H groups in total. The summed E-state index contributed by atoms with van der Waals surface area (Å²) in [6.07, 6.45) is 6.60. The van der Waals surface area contributed by atoms with Gasteiger partial charge in [-0.3, -0.25) is 4.79 Å². The number of nitrogens with zero attached hydrogens (tertiary/aromatic N) is 4. The molecule has 2 unspecified atom stereocenters. The number of piperazine rings is 1. The Labute approximate surface area is 187 Å². The molecule has 9 heteroatoms. The predicted molar refractivity (Wildman–Crippen MR) is 121 cm³/mol. The van der Waals surface area contributed by atoms with Gasteiger partial charge >= 0.3 is 0 Å². The van der Waals surface area contributed by atoms with E-state index in [4.69, 9.17) is 24.9 Å². The second kappa shape index (κ2) is 8.46. The third kappa shape index (κ3) is 3.50. The zero-order valence-corrected chi connectivity index (χ0v) is 18.5. The van der Waals surface area contributed by atoms with Crippen LogP contribution in [0.1, 0.15) is 32.1 Å². The molecule has 1 aromatic heterocycles. The van der Waals surface area contributed by atoms with Crippen molar-refractivity contribution in [2.24, 2.45) is 0 Å². The number of amides is 1. The van der Waals surface area contributed by atoms with Gasteiger partial charge in [0.15, 0.2) is 11.5 Å². The molecule has 1 amide bonds. The van der Waals surface area contributed by atoms with Crippen molar-refractivity contribution >= 4 is 28.6 Å². The van der Waals surface area contributed by atoms with Crippen LogP contribution >= 0.6 is 0 Å². The number of carbonyl (C=O) groups is 1. The number of methoxy groups -OCH3 is 2. The van der Waals surface area contributed by atoms with E-state index < -0.39 is 0 Å². The molecule has 1 aromatic carbocycles. The number of allylic oxidation sites excluding steroid dienone is 1. The molecule has 2 saturated heterocycles. The normalized spacial score (nSPS) is 23.1. The first-order valence-corrected chi connectivity index (χ1v) is 11.2. The summed E-state index contributed by atoms with van der Waals surface area (Å²) in [5.41, 5.74) is 8.10. The molecule has 2 aliphatic heterocycles. The minimum absolute atomic E-state index is 0.0140. The van der Waals surface area contributed by atoms with Gasteiger partial charge in [-0.15, -0.1) is 0 Å². The number of fused-ring (bicyclic) bond motifs is 2. The molecule has 0 bridgehead atoms. The van der Waals surface area contributed by atoms with Crippen molar-refractivity contribution < 1.29 is 19.0 Å².